The van der Waals surface area contributed by atoms with Gasteiger partial charge in [0.05, 0.1) is 6.61 Å². The molecule has 2 aromatic carbocycles. The smallest absolute Gasteiger partial charge is 0.267 e. The average molecular weight is 349 g/mol. The van der Waals surface area contributed by atoms with Crippen molar-refractivity contribution in [1.29, 1.82) is 5.26 Å². The van der Waals surface area contributed by atoms with Gasteiger partial charge in [-0.05, 0) is 62.4 Å². The van der Waals surface area contributed by atoms with Crippen LogP contribution in [0, 0.1) is 11.3 Å². The van der Waals surface area contributed by atoms with Crippen molar-refractivity contribution in [3.05, 3.63) is 65.9 Å². The Balaban J connectivity index is 2.02. The maximum Gasteiger partial charge on any atom is 0.267 e. The number of ketones is 1. The molecule has 26 heavy (non-hydrogen) atoms. The third-order valence-corrected chi connectivity index (χ3v) is 3.46. The van der Waals surface area contributed by atoms with Gasteiger partial charge in [-0.15, -0.1) is 0 Å². The van der Waals surface area contributed by atoms with Gasteiger partial charge in [0.1, 0.15) is 17.4 Å². The minimum Gasteiger partial charge on any atom is -0.494 e. The van der Waals surface area contributed by atoms with Gasteiger partial charge in [0.25, 0.3) is 5.91 Å². The zero-order valence-electron chi connectivity index (χ0n) is 14.6. The molecule has 0 heterocycles. The van der Waals surface area contributed by atoms with Gasteiger partial charge >= 0.3 is 0 Å². The summed E-state index contributed by atoms with van der Waals surface area (Å²) in [6, 6.07) is 15.5. The molecule has 1 amide bonds. The van der Waals surface area contributed by atoms with Gasteiger partial charge in [0.2, 0.25) is 0 Å². The molecular formula is C20H19N3O3. The summed E-state index contributed by atoms with van der Waals surface area (Å²) in [5.41, 5.74) is 1.74. The normalized spacial score (nSPS) is 10.6. The highest BCUT2D eigenvalue weighted by Crippen LogP contribution is 2.16. The maximum absolute atomic E-state index is 12.2. The molecule has 2 aromatic rings. The number of nitriles is 1. The monoisotopic (exact) mass is 349 g/mol. The number of benzene rings is 2. The molecule has 0 saturated carbocycles. The Morgan fingerprint density at radius 3 is 2.23 bits per heavy atom. The van der Waals surface area contributed by atoms with Crippen LogP contribution in [-0.4, -0.2) is 18.3 Å². The number of Topliss-reactive ketones (excluding diaryl/α,β-unsaturated/α-hetero) is 1. The molecule has 0 saturated heterocycles. The first-order chi connectivity index (χ1) is 12.5. The zero-order valence-corrected chi connectivity index (χ0v) is 14.6. The van der Waals surface area contributed by atoms with E-state index in [4.69, 9.17) is 4.74 Å². The molecule has 0 aliphatic rings. The second-order valence-electron chi connectivity index (χ2n) is 5.36. The van der Waals surface area contributed by atoms with Crippen molar-refractivity contribution in [2.45, 2.75) is 13.8 Å². The van der Waals surface area contributed by atoms with Crippen molar-refractivity contribution in [2.24, 2.45) is 0 Å². The minimum atomic E-state index is -0.524. The fraction of sp³-hybridized carbons (Fsp3) is 0.150. The highest BCUT2D eigenvalue weighted by atomic mass is 16.5. The number of hydrogen-bond donors (Lipinski definition) is 2. The lowest BCUT2D eigenvalue weighted by Gasteiger charge is -2.07. The fourth-order valence-electron chi connectivity index (χ4n) is 2.10. The number of nitrogens with zero attached hydrogens (tertiary/aromatic N) is 1. The molecule has 2 rings (SSSR count). The van der Waals surface area contributed by atoms with E-state index < -0.39 is 5.91 Å². The van der Waals surface area contributed by atoms with Gasteiger partial charge < -0.3 is 15.4 Å². The van der Waals surface area contributed by atoms with Gasteiger partial charge in [0.15, 0.2) is 5.78 Å². The van der Waals surface area contributed by atoms with Crippen LogP contribution in [0.1, 0.15) is 24.2 Å². The molecule has 0 bridgehead atoms. The summed E-state index contributed by atoms with van der Waals surface area (Å²) < 4.78 is 5.34. The Morgan fingerprint density at radius 1 is 1.08 bits per heavy atom. The Bertz CT molecular complexity index is 847. The minimum absolute atomic E-state index is 0.0282. The molecular weight excluding hydrogens is 330 g/mol. The number of amides is 1. The van der Waals surface area contributed by atoms with E-state index >= 15 is 0 Å². The first-order valence-corrected chi connectivity index (χ1v) is 8.05. The summed E-state index contributed by atoms with van der Waals surface area (Å²) in [6.45, 7) is 3.94. The average Bonchev–Trinajstić information content (AvgIpc) is 2.64. The van der Waals surface area contributed by atoms with Gasteiger partial charge in [-0.2, -0.15) is 5.26 Å². The van der Waals surface area contributed by atoms with E-state index in [0.29, 0.717) is 29.3 Å². The van der Waals surface area contributed by atoms with Crippen LogP contribution in [0.15, 0.2) is 60.3 Å². The SMILES string of the molecule is CCOc1ccc(NC(=O)/C(C#N)=C\Nc2ccc(C(C)=O)cc2)cc1. The highest BCUT2D eigenvalue weighted by molar-refractivity contribution is 6.06. The van der Waals surface area contributed by atoms with Crippen LogP contribution in [0.4, 0.5) is 11.4 Å². The number of ether oxygens (including phenoxy) is 1. The Morgan fingerprint density at radius 2 is 1.69 bits per heavy atom. The molecule has 0 fully saturated rings. The first kappa shape index (κ1) is 18.7. The number of carbonyl (C=O) groups is 2. The zero-order chi connectivity index (χ0) is 18.9. The summed E-state index contributed by atoms with van der Waals surface area (Å²) in [4.78, 5) is 23.5. The van der Waals surface area contributed by atoms with Crippen molar-refractivity contribution in [2.75, 3.05) is 17.2 Å². The van der Waals surface area contributed by atoms with Crippen LogP contribution in [0.2, 0.25) is 0 Å². The standard InChI is InChI=1S/C20H19N3O3/c1-3-26-19-10-8-18(9-11-19)23-20(25)16(12-21)13-22-17-6-4-15(5-7-17)14(2)24/h4-11,13,22H,3H2,1-2H3,(H,23,25)/b16-13-. The molecule has 0 aliphatic heterocycles. The van der Waals surface area contributed by atoms with Crippen molar-refractivity contribution in [1.82, 2.24) is 0 Å². The third-order valence-electron chi connectivity index (χ3n) is 3.46. The quantitative estimate of drug-likeness (QED) is 0.451. The Hall–Kier alpha value is -3.59. The molecule has 6 heteroatoms. The van der Waals surface area contributed by atoms with Crippen molar-refractivity contribution >= 4 is 23.1 Å². The molecule has 2 N–H and O–H groups in total. The molecule has 6 nitrogen and oxygen atoms in total. The molecule has 132 valence electrons. The largest absolute Gasteiger partial charge is 0.494 e. The van der Waals surface area contributed by atoms with Crippen LogP contribution in [0.5, 0.6) is 5.75 Å². The van der Waals surface area contributed by atoms with E-state index in [1.54, 1.807) is 48.5 Å². The summed E-state index contributed by atoms with van der Waals surface area (Å²) in [5, 5.41) is 14.7. The second kappa shape index (κ2) is 9.04. The van der Waals surface area contributed by atoms with Crippen LogP contribution in [0.3, 0.4) is 0 Å². The third kappa shape index (κ3) is 5.21. The van der Waals surface area contributed by atoms with E-state index in [0.717, 1.165) is 0 Å². The van der Waals surface area contributed by atoms with E-state index in [-0.39, 0.29) is 11.4 Å². The van der Waals surface area contributed by atoms with Crippen LogP contribution in [-0.2, 0) is 4.79 Å². The van der Waals surface area contributed by atoms with E-state index in [9.17, 15) is 14.9 Å². The fourth-order valence-corrected chi connectivity index (χ4v) is 2.10. The van der Waals surface area contributed by atoms with Crippen LogP contribution < -0.4 is 15.4 Å². The predicted octanol–water partition coefficient (Wildman–Crippen LogP) is 3.75. The van der Waals surface area contributed by atoms with Gasteiger partial charge in [-0.3, -0.25) is 9.59 Å². The Kier molecular flexibility index (Phi) is 6.52. The summed E-state index contributed by atoms with van der Waals surface area (Å²) in [6.07, 6.45) is 1.33. The summed E-state index contributed by atoms with van der Waals surface area (Å²) >= 11 is 0. The maximum atomic E-state index is 12.2. The van der Waals surface area contributed by atoms with Crippen LogP contribution >= 0.6 is 0 Å². The predicted molar refractivity (Wildman–Crippen MR) is 100 cm³/mol. The topological polar surface area (TPSA) is 91.2 Å². The van der Waals surface area contributed by atoms with Gasteiger partial charge in [-0.25, -0.2) is 0 Å². The highest BCUT2D eigenvalue weighted by Gasteiger charge is 2.09. The first-order valence-electron chi connectivity index (χ1n) is 8.05. The lowest BCUT2D eigenvalue weighted by molar-refractivity contribution is -0.112. The molecule has 0 radical (unpaired) electrons. The van der Waals surface area contributed by atoms with Crippen molar-refractivity contribution in [3.8, 4) is 11.8 Å². The molecule has 0 spiro atoms. The van der Waals surface area contributed by atoms with Gasteiger partial charge in [0, 0.05) is 23.1 Å². The molecule has 0 unspecified atom stereocenters. The lowest BCUT2D eigenvalue weighted by atomic mass is 10.1. The van der Waals surface area contributed by atoms with E-state index in [2.05, 4.69) is 10.6 Å². The van der Waals surface area contributed by atoms with Gasteiger partial charge in [-0.1, -0.05) is 0 Å². The second-order valence-corrected chi connectivity index (χ2v) is 5.36. The molecule has 0 atom stereocenters. The van der Waals surface area contributed by atoms with E-state index in [1.807, 2.05) is 13.0 Å². The number of anilines is 2. The summed E-state index contributed by atoms with van der Waals surface area (Å²) in [5.74, 6) is 0.154. The molecule has 0 aromatic heterocycles. The van der Waals surface area contributed by atoms with E-state index in [1.165, 1.54) is 13.1 Å². The van der Waals surface area contributed by atoms with Crippen molar-refractivity contribution < 1.29 is 14.3 Å². The molecule has 0 aliphatic carbocycles. The number of nitrogens with one attached hydrogen (secondary N) is 2. The summed E-state index contributed by atoms with van der Waals surface area (Å²) in [7, 11) is 0. The van der Waals surface area contributed by atoms with Crippen molar-refractivity contribution in [3.63, 3.8) is 0 Å². The number of carbonyl (C=O) groups excluding carboxylic acids is 2. The Labute approximate surface area is 152 Å². The lowest BCUT2D eigenvalue weighted by Crippen LogP contribution is -2.14. The number of hydrogen-bond acceptors (Lipinski definition) is 5. The van der Waals surface area contributed by atoms with Crippen LogP contribution in [0.25, 0.3) is 0 Å². The number of rotatable bonds is 7.